The number of carbonyl (C=O) groups is 2. The molecule has 0 heterocycles. The number of esters is 1. The van der Waals surface area contributed by atoms with Crippen LogP contribution in [0.25, 0.3) is 0 Å². The van der Waals surface area contributed by atoms with Gasteiger partial charge in [-0.2, -0.15) is 0 Å². The second-order valence-electron chi connectivity index (χ2n) is 10.9. The fourth-order valence-corrected chi connectivity index (χ4v) is 3.94. The normalized spacial score (nSPS) is 12.0. The van der Waals surface area contributed by atoms with Gasteiger partial charge >= 0.3 is 11.9 Å². The molecule has 0 fully saturated rings. The third kappa shape index (κ3) is 41.1. The van der Waals surface area contributed by atoms with Crippen LogP contribution in [0.3, 0.4) is 0 Å². The van der Waals surface area contributed by atoms with Gasteiger partial charge in [-0.25, -0.2) is 0 Å². The van der Waals surface area contributed by atoms with Crippen molar-refractivity contribution in [2.45, 2.75) is 46.0 Å². The van der Waals surface area contributed by atoms with E-state index in [1.54, 1.807) is 0 Å². The van der Waals surface area contributed by atoms with E-state index in [1.165, 1.54) is 0 Å². The summed E-state index contributed by atoms with van der Waals surface area (Å²) < 4.78 is 70.3. The molecule has 304 valence electrons. The summed E-state index contributed by atoms with van der Waals surface area (Å²) in [6, 6.07) is 0. The molecular weight excluding hydrogens is 676 g/mol. The molecule has 16 heteroatoms. The van der Waals surface area contributed by atoms with E-state index in [4.69, 9.17) is 66.7 Å². The van der Waals surface area contributed by atoms with Gasteiger partial charge in [0.05, 0.1) is 171 Å². The van der Waals surface area contributed by atoms with Gasteiger partial charge in [-0.1, -0.05) is 26.7 Å². The third-order valence-corrected chi connectivity index (χ3v) is 6.76. The SMILES string of the molecule is CCCCC(CC)C(=O)OCCOCCOCCOCCOCCOCCOCCOCCOCCOCCOCCOCCOCCC(=O)O. The molecule has 16 nitrogen and oxygen atoms in total. The van der Waals surface area contributed by atoms with Gasteiger partial charge in [0.15, 0.2) is 0 Å². The molecule has 0 aromatic heterocycles. The van der Waals surface area contributed by atoms with Crippen molar-refractivity contribution in [3.8, 4) is 0 Å². The van der Waals surface area contributed by atoms with Gasteiger partial charge in [0, 0.05) is 0 Å². The van der Waals surface area contributed by atoms with E-state index < -0.39 is 5.97 Å². The Morgan fingerprint density at radius 1 is 0.412 bits per heavy atom. The Kier molecular flexibility index (Phi) is 41.6. The molecule has 0 bridgehead atoms. The Morgan fingerprint density at radius 2 is 0.667 bits per heavy atom. The molecule has 0 radical (unpaired) electrons. The largest absolute Gasteiger partial charge is 0.481 e. The van der Waals surface area contributed by atoms with Crippen molar-refractivity contribution in [3.05, 3.63) is 0 Å². The number of carbonyl (C=O) groups excluding carboxylic acids is 1. The highest BCUT2D eigenvalue weighted by molar-refractivity contribution is 5.72. The van der Waals surface area contributed by atoms with Gasteiger partial charge in [0.25, 0.3) is 0 Å². The molecule has 51 heavy (non-hydrogen) atoms. The van der Waals surface area contributed by atoms with Crippen LogP contribution in [0, 0.1) is 5.92 Å². The Balaban J connectivity index is 3.13. The van der Waals surface area contributed by atoms with Gasteiger partial charge in [-0.15, -0.1) is 0 Å². The quantitative estimate of drug-likeness (QED) is 0.0711. The number of rotatable bonds is 44. The van der Waals surface area contributed by atoms with Crippen molar-refractivity contribution >= 4 is 11.9 Å². The molecule has 0 saturated heterocycles. The standard InChI is InChI=1S/C35H68O16/c1-3-5-6-33(4-2)35(38)51-32-31-50-30-29-49-28-27-48-26-25-47-24-23-46-22-21-45-20-19-44-18-17-43-16-15-42-14-13-41-12-11-40-10-9-39-8-7-34(36)37/h33H,3-32H2,1-2H3,(H,36,37). The zero-order valence-corrected chi connectivity index (χ0v) is 31.4. The monoisotopic (exact) mass is 744 g/mol. The van der Waals surface area contributed by atoms with E-state index in [1.807, 2.05) is 6.92 Å². The first-order valence-corrected chi connectivity index (χ1v) is 18.4. The van der Waals surface area contributed by atoms with E-state index in [0.29, 0.717) is 152 Å². The predicted molar refractivity (Wildman–Crippen MR) is 186 cm³/mol. The van der Waals surface area contributed by atoms with Crippen LogP contribution >= 0.6 is 0 Å². The first-order valence-electron chi connectivity index (χ1n) is 18.4. The number of unbranched alkanes of at least 4 members (excludes halogenated alkanes) is 1. The molecule has 0 amide bonds. The van der Waals surface area contributed by atoms with Crippen molar-refractivity contribution in [2.75, 3.05) is 165 Å². The van der Waals surface area contributed by atoms with Crippen LogP contribution in [0.5, 0.6) is 0 Å². The summed E-state index contributed by atoms with van der Waals surface area (Å²) in [7, 11) is 0. The smallest absolute Gasteiger partial charge is 0.308 e. The number of hydrogen-bond donors (Lipinski definition) is 1. The maximum Gasteiger partial charge on any atom is 0.308 e. The highest BCUT2D eigenvalue weighted by Gasteiger charge is 2.17. The maximum absolute atomic E-state index is 12.0. The lowest BCUT2D eigenvalue weighted by atomic mass is 10.00. The topological polar surface area (TPSA) is 174 Å². The minimum absolute atomic E-state index is 0.00566. The minimum Gasteiger partial charge on any atom is -0.481 e. The molecule has 0 aliphatic heterocycles. The van der Waals surface area contributed by atoms with E-state index in [0.717, 1.165) is 25.7 Å². The van der Waals surface area contributed by atoms with Gasteiger partial charge in [-0.3, -0.25) is 9.59 Å². The number of aliphatic carboxylic acids is 1. The second kappa shape index (κ2) is 42.9. The molecule has 0 saturated carbocycles. The lowest BCUT2D eigenvalue weighted by Crippen LogP contribution is -2.20. The summed E-state index contributed by atoms with van der Waals surface area (Å²) in [4.78, 5) is 22.4. The molecule has 0 aliphatic carbocycles. The average molecular weight is 745 g/mol. The van der Waals surface area contributed by atoms with E-state index in [-0.39, 0.29) is 31.5 Å². The summed E-state index contributed by atoms with van der Waals surface area (Å²) in [6.07, 6.45) is 3.81. The molecule has 0 aromatic rings. The second-order valence-corrected chi connectivity index (χ2v) is 10.9. The highest BCUT2D eigenvalue weighted by Crippen LogP contribution is 2.14. The van der Waals surface area contributed by atoms with Gasteiger partial charge in [-0.05, 0) is 12.8 Å². The predicted octanol–water partition coefficient (Wildman–Crippen LogP) is 2.42. The first-order chi connectivity index (χ1) is 25.1. The van der Waals surface area contributed by atoms with Crippen molar-refractivity contribution in [3.63, 3.8) is 0 Å². The molecule has 1 atom stereocenters. The van der Waals surface area contributed by atoms with Crippen molar-refractivity contribution in [1.29, 1.82) is 0 Å². The minimum atomic E-state index is -0.877. The highest BCUT2D eigenvalue weighted by atomic mass is 16.6. The summed E-state index contributed by atoms with van der Waals surface area (Å²) >= 11 is 0. The molecule has 0 spiro atoms. The Hall–Kier alpha value is -1.54. The van der Waals surface area contributed by atoms with E-state index in [9.17, 15) is 9.59 Å². The van der Waals surface area contributed by atoms with Crippen molar-refractivity contribution in [1.82, 2.24) is 0 Å². The Labute approximate surface area is 305 Å². The Morgan fingerprint density at radius 3 is 0.902 bits per heavy atom. The first kappa shape index (κ1) is 49.5. The summed E-state index contributed by atoms with van der Waals surface area (Å²) in [5.41, 5.74) is 0. The van der Waals surface area contributed by atoms with E-state index in [2.05, 4.69) is 6.92 Å². The number of hydrogen-bond acceptors (Lipinski definition) is 15. The van der Waals surface area contributed by atoms with Crippen LogP contribution in [-0.4, -0.2) is 182 Å². The lowest BCUT2D eigenvalue weighted by molar-refractivity contribution is -0.150. The van der Waals surface area contributed by atoms with Crippen LogP contribution in [-0.2, 0) is 71.2 Å². The average Bonchev–Trinajstić information content (AvgIpc) is 3.12. The fourth-order valence-electron chi connectivity index (χ4n) is 3.94. The summed E-state index contributed by atoms with van der Waals surface area (Å²) in [5, 5.41) is 8.49. The molecule has 1 N–H and O–H groups in total. The number of carboxylic acids is 1. The summed E-state index contributed by atoms with van der Waals surface area (Å²) in [5.74, 6) is -1.01. The summed E-state index contributed by atoms with van der Waals surface area (Å²) in [6.45, 7) is 15.2. The fraction of sp³-hybridized carbons (Fsp3) is 0.943. The van der Waals surface area contributed by atoms with Crippen LogP contribution in [0.2, 0.25) is 0 Å². The number of carboxylic acid groups (broad SMARTS) is 1. The third-order valence-electron chi connectivity index (χ3n) is 6.76. The van der Waals surface area contributed by atoms with Crippen molar-refractivity contribution < 1.29 is 76.3 Å². The van der Waals surface area contributed by atoms with Crippen LogP contribution in [0.15, 0.2) is 0 Å². The lowest BCUT2D eigenvalue weighted by Gasteiger charge is -2.13. The zero-order chi connectivity index (χ0) is 37.1. The van der Waals surface area contributed by atoms with Crippen LogP contribution in [0.4, 0.5) is 0 Å². The molecule has 0 aliphatic rings. The maximum atomic E-state index is 12.0. The molecule has 1 unspecified atom stereocenters. The van der Waals surface area contributed by atoms with Gasteiger partial charge in [0.1, 0.15) is 6.61 Å². The van der Waals surface area contributed by atoms with E-state index >= 15 is 0 Å². The van der Waals surface area contributed by atoms with Crippen molar-refractivity contribution in [2.24, 2.45) is 5.92 Å². The van der Waals surface area contributed by atoms with Gasteiger partial charge in [0.2, 0.25) is 0 Å². The Bertz CT molecular complexity index is 717. The molecular formula is C35H68O16. The molecule has 0 rings (SSSR count). The zero-order valence-electron chi connectivity index (χ0n) is 31.4. The molecule has 0 aromatic carbocycles. The van der Waals surface area contributed by atoms with Crippen LogP contribution in [0.1, 0.15) is 46.0 Å². The number of ether oxygens (including phenoxy) is 13. The van der Waals surface area contributed by atoms with Gasteiger partial charge < -0.3 is 66.7 Å². The van der Waals surface area contributed by atoms with Crippen LogP contribution < -0.4 is 0 Å².